The van der Waals surface area contributed by atoms with Crippen LogP contribution in [0.3, 0.4) is 0 Å². The molecule has 0 aromatic heterocycles. The second-order valence-electron chi connectivity index (χ2n) is 2.64. The van der Waals surface area contributed by atoms with Crippen LogP contribution in [0.25, 0.3) is 0 Å². The third kappa shape index (κ3) is 1.97. The Labute approximate surface area is 86.8 Å². The van der Waals surface area contributed by atoms with Crippen LogP contribution < -0.4 is 5.23 Å². The van der Waals surface area contributed by atoms with Crippen LogP contribution in [0.4, 0.5) is 17.1 Å². The molecule has 1 aromatic rings. The van der Waals surface area contributed by atoms with Crippen molar-refractivity contribution in [3.63, 3.8) is 0 Å². The van der Waals surface area contributed by atoms with Crippen LogP contribution in [-0.2, 0) is 0 Å². The Morgan fingerprint density at radius 2 is 1.69 bits per heavy atom. The largest absolute Gasteiger partial charge is 0.501 e. The van der Waals surface area contributed by atoms with E-state index in [4.69, 9.17) is 10.4 Å². The van der Waals surface area contributed by atoms with Crippen molar-refractivity contribution < 1.29 is 25.4 Å². The number of hydrogen-bond donors (Lipinski definition) is 3. The zero-order valence-electron chi connectivity index (χ0n) is 7.47. The van der Waals surface area contributed by atoms with E-state index in [1.54, 1.807) is 0 Å². The average molecular weight is 231 g/mol. The number of anilines is 1. The average Bonchev–Trinajstić information content (AvgIpc) is 2.16. The minimum absolute atomic E-state index is 0.502. The van der Waals surface area contributed by atoms with Crippen molar-refractivity contribution in [1.82, 2.24) is 0 Å². The lowest BCUT2D eigenvalue weighted by Crippen LogP contribution is -2.12. The Bertz CT molecular complexity index is 458. The summed E-state index contributed by atoms with van der Waals surface area (Å²) in [5, 5.41) is 46.6. The van der Waals surface area contributed by atoms with Crippen molar-refractivity contribution in [2.24, 2.45) is 0 Å². The Balaban J connectivity index is 3.51. The van der Waals surface area contributed by atoms with E-state index in [1.807, 2.05) is 0 Å². The van der Waals surface area contributed by atoms with E-state index in [1.165, 1.54) is 0 Å². The number of nitro groups is 2. The maximum absolute atomic E-state index is 10.4. The van der Waals surface area contributed by atoms with Gasteiger partial charge in [0.15, 0.2) is 0 Å². The van der Waals surface area contributed by atoms with Gasteiger partial charge in [-0.2, -0.15) is 0 Å². The molecule has 0 radical (unpaired) electrons. The molecule has 3 N–H and O–H groups in total. The summed E-state index contributed by atoms with van der Waals surface area (Å²) in [5.41, 5.74) is -2.62. The van der Waals surface area contributed by atoms with Gasteiger partial charge >= 0.3 is 5.69 Å². The van der Waals surface area contributed by atoms with E-state index in [2.05, 4.69) is 0 Å². The van der Waals surface area contributed by atoms with Crippen molar-refractivity contribution in [2.75, 3.05) is 5.23 Å². The minimum Gasteiger partial charge on any atom is -0.501 e. The number of nitrogens with zero attached hydrogens (tertiary/aromatic N) is 3. The maximum atomic E-state index is 10.4. The van der Waals surface area contributed by atoms with E-state index in [0.717, 1.165) is 0 Å². The number of phenolic OH excluding ortho intramolecular Hbond substituents is 1. The molecule has 16 heavy (non-hydrogen) atoms. The van der Waals surface area contributed by atoms with E-state index >= 15 is 0 Å². The second-order valence-corrected chi connectivity index (χ2v) is 2.64. The lowest BCUT2D eigenvalue weighted by molar-refractivity contribution is -0.394. The number of phenols is 1. The quantitative estimate of drug-likeness (QED) is 0.510. The Morgan fingerprint density at radius 3 is 2.06 bits per heavy atom. The predicted octanol–water partition coefficient (Wildman–Crippen LogP) is 0.793. The SMILES string of the molecule is O=[N+]([O-])c1cc(N(O)O)c(O)c([N+](=O)[O-])c1. The van der Waals surface area contributed by atoms with Crippen molar-refractivity contribution in [2.45, 2.75) is 0 Å². The molecular formula is C6H5N3O7. The second kappa shape index (κ2) is 3.96. The summed E-state index contributed by atoms with van der Waals surface area (Å²) < 4.78 is 0. The molecule has 0 aliphatic rings. The number of nitro benzene ring substituents is 2. The van der Waals surface area contributed by atoms with E-state index in [9.17, 15) is 25.3 Å². The summed E-state index contributed by atoms with van der Waals surface area (Å²) in [5.74, 6) is -1.08. The molecule has 0 spiro atoms. The summed E-state index contributed by atoms with van der Waals surface area (Å²) in [7, 11) is 0. The van der Waals surface area contributed by atoms with Gasteiger partial charge in [-0.05, 0) is 0 Å². The smallest absolute Gasteiger partial charge is 0.319 e. The van der Waals surface area contributed by atoms with Crippen molar-refractivity contribution in [1.29, 1.82) is 0 Å². The first-order chi connectivity index (χ1) is 7.34. The number of benzene rings is 1. The van der Waals surface area contributed by atoms with Gasteiger partial charge in [0, 0.05) is 6.07 Å². The first kappa shape index (κ1) is 11.6. The van der Waals surface area contributed by atoms with Crippen LogP contribution >= 0.6 is 0 Å². The van der Waals surface area contributed by atoms with Gasteiger partial charge in [-0.15, -0.1) is 5.23 Å². The molecule has 0 saturated heterocycles. The molecule has 0 atom stereocenters. The van der Waals surface area contributed by atoms with Crippen LogP contribution in [0.15, 0.2) is 12.1 Å². The molecule has 0 aliphatic carbocycles. The maximum Gasteiger partial charge on any atom is 0.319 e. The van der Waals surface area contributed by atoms with Gasteiger partial charge in [0.1, 0.15) is 5.69 Å². The molecule has 0 amide bonds. The minimum atomic E-state index is -1.09. The zero-order chi connectivity index (χ0) is 12.5. The van der Waals surface area contributed by atoms with E-state index in [0.29, 0.717) is 12.1 Å². The van der Waals surface area contributed by atoms with Crippen LogP contribution in [0, 0.1) is 20.2 Å². The third-order valence-electron chi connectivity index (χ3n) is 1.68. The van der Waals surface area contributed by atoms with Gasteiger partial charge in [-0.25, -0.2) is 0 Å². The van der Waals surface area contributed by atoms with Gasteiger partial charge in [0.2, 0.25) is 5.75 Å². The highest BCUT2D eigenvalue weighted by atomic mass is 16.8. The van der Waals surface area contributed by atoms with Gasteiger partial charge in [0.25, 0.3) is 5.69 Å². The summed E-state index contributed by atoms with van der Waals surface area (Å²) in [4.78, 5) is 18.7. The highest BCUT2D eigenvalue weighted by molar-refractivity contribution is 5.69. The monoisotopic (exact) mass is 231 g/mol. The molecule has 0 aliphatic heterocycles. The summed E-state index contributed by atoms with van der Waals surface area (Å²) in [6.07, 6.45) is 0. The molecule has 0 fully saturated rings. The summed E-state index contributed by atoms with van der Waals surface area (Å²) >= 11 is 0. The topological polar surface area (TPSA) is 150 Å². The lowest BCUT2D eigenvalue weighted by atomic mass is 10.2. The molecule has 1 aromatic carbocycles. The standard InChI is InChI=1S/C6H5N3O7/c10-6-4(8(13)14)1-3(7(11)12)2-5(6)9(15)16/h1-2,10,13-14H. The van der Waals surface area contributed by atoms with Gasteiger partial charge in [0.05, 0.1) is 15.9 Å². The Morgan fingerprint density at radius 1 is 1.12 bits per heavy atom. The zero-order valence-corrected chi connectivity index (χ0v) is 7.47. The predicted molar refractivity (Wildman–Crippen MR) is 47.5 cm³/mol. The highest BCUT2D eigenvalue weighted by Crippen LogP contribution is 2.38. The van der Waals surface area contributed by atoms with Crippen LogP contribution in [0.2, 0.25) is 0 Å². The molecule has 86 valence electrons. The first-order valence-electron chi connectivity index (χ1n) is 3.68. The number of rotatable bonds is 3. The molecule has 1 rings (SSSR count). The fourth-order valence-electron chi connectivity index (χ4n) is 0.987. The van der Waals surface area contributed by atoms with Crippen molar-refractivity contribution in [3.8, 4) is 5.75 Å². The first-order valence-corrected chi connectivity index (χ1v) is 3.68. The van der Waals surface area contributed by atoms with Crippen LogP contribution in [0.1, 0.15) is 0 Å². The number of non-ortho nitro benzene ring substituents is 1. The summed E-state index contributed by atoms with van der Waals surface area (Å²) in [6, 6.07) is 1.07. The number of aromatic hydroxyl groups is 1. The molecule has 0 bridgehead atoms. The molecule has 0 saturated carbocycles. The molecule has 10 heteroatoms. The fourth-order valence-corrected chi connectivity index (χ4v) is 0.987. The Hall–Kier alpha value is -2.46. The third-order valence-corrected chi connectivity index (χ3v) is 1.68. The van der Waals surface area contributed by atoms with Gasteiger partial charge < -0.3 is 5.11 Å². The molecule has 0 heterocycles. The van der Waals surface area contributed by atoms with Crippen molar-refractivity contribution >= 4 is 17.1 Å². The molecule has 10 nitrogen and oxygen atoms in total. The fraction of sp³-hybridized carbons (Fsp3) is 0. The highest BCUT2D eigenvalue weighted by Gasteiger charge is 2.26. The molecule has 0 unspecified atom stereocenters. The van der Waals surface area contributed by atoms with Crippen LogP contribution in [-0.4, -0.2) is 25.4 Å². The van der Waals surface area contributed by atoms with E-state index in [-0.39, 0.29) is 0 Å². The summed E-state index contributed by atoms with van der Waals surface area (Å²) in [6.45, 7) is 0. The molecular weight excluding hydrogens is 226 g/mol. The Kier molecular flexibility index (Phi) is 2.87. The number of hydrogen-bond acceptors (Lipinski definition) is 8. The normalized spacial score (nSPS) is 9.88. The van der Waals surface area contributed by atoms with Gasteiger partial charge in [-0.3, -0.25) is 30.6 Å². The van der Waals surface area contributed by atoms with Crippen molar-refractivity contribution in [3.05, 3.63) is 32.4 Å². The van der Waals surface area contributed by atoms with Gasteiger partial charge in [-0.1, -0.05) is 0 Å². The van der Waals surface area contributed by atoms with E-state index < -0.39 is 37.9 Å². The van der Waals surface area contributed by atoms with Crippen LogP contribution in [0.5, 0.6) is 5.75 Å². The lowest BCUT2D eigenvalue weighted by Gasteiger charge is -2.09.